The molecule has 1 heterocycles. The van der Waals surface area contributed by atoms with Crippen molar-refractivity contribution >= 4 is 17.5 Å². The van der Waals surface area contributed by atoms with Crippen molar-refractivity contribution in [3.8, 4) is 6.07 Å². The molecule has 0 aliphatic heterocycles. The van der Waals surface area contributed by atoms with Crippen LogP contribution in [0.4, 0.5) is 0 Å². The first-order valence-corrected chi connectivity index (χ1v) is 17.1. The van der Waals surface area contributed by atoms with Crippen molar-refractivity contribution in [3.05, 3.63) is 41.5 Å². The number of nitrogens with zero attached hydrogens (tertiary/aromatic N) is 3. The molecule has 0 aromatic carbocycles. The highest BCUT2D eigenvalue weighted by atomic mass is 16.5. The van der Waals surface area contributed by atoms with E-state index in [0.717, 1.165) is 69.2 Å². The first-order chi connectivity index (χ1) is 20.9. The molecular formula is C38H51N3O4. The summed E-state index contributed by atoms with van der Waals surface area (Å²) in [6, 6.07) is 2.19. The van der Waals surface area contributed by atoms with Gasteiger partial charge in [0.05, 0.1) is 29.6 Å². The predicted octanol–water partition coefficient (Wildman–Crippen LogP) is 7.34. The van der Waals surface area contributed by atoms with Crippen LogP contribution in [0.3, 0.4) is 0 Å². The molecule has 7 nitrogen and oxygen atoms in total. The van der Waals surface area contributed by atoms with Crippen molar-refractivity contribution in [2.24, 2.45) is 50.2 Å². The lowest BCUT2D eigenvalue weighted by Crippen LogP contribution is -2.66. The van der Waals surface area contributed by atoms with Crippen LogP contribution >= 0.6 is 0 Å². The van der Waals surface area contributed by atoms with Gasteiger partial charge in [0.2, 0.25) is 0 Å². The monoisotopic (exact) mass is 613 g/mol. The third kappa shape index (κ3) is 4.48. The molecule has 3 saturated carbocycles. The van der Waals surface area contributed by atoms with Gasteiger partial charge < -0.3 is 9.30 Å². The summed E-state index contributed by atoms with van der Waals surface area (Å²) in [5.41, 5.74) is -0.263. The Labute approximate surface area is 268 Å². The Balaban J connectivity index is 1.36. The van der Waals surface area contributed by atoms with Gasteiger partial charge >= 0.3 is 5.97 Å². The fourth-order valence-corrected chi connectivity index (χ4v) is 11.1. The lowest BCUT2D eigenvalue weighted by molar-refractivity contribution is -0.193. The summed E-state index contributed by atoms with van der Waals surface area (Å²) in [6.45, 7) is 18.4. The second kappa shape index (κ2) is 10.2. The van der Waals surface area contributed by atoms with Crippen LogP contribution in [0, 0.1) is 68.5 Å². The molecule has 45 heavy (non-hydrogen) atoms. The first-order valence-electron chi connectivity index (χ1n) is 17.1. The zero-order valence-electron chi connectivity index (χ0n) is 28.6. The number of carbonyl (C=O) groups is 3. The Kier molecular flexibility index (Phi) is 7.27. The van der Waals surface area contributed by atoms with Crippen LogP contribution < -0.4 is 0 Å². The normalized spacial score (nSPS) is 39.7. The maximum absolute atomic E-state index is 14.7. The minimum atomic E-state index is -0.687. The van der Waals surface area contributed by atoms with E-state index in [1.165, 1.54) is 0 Å². The average molecular weight is 614 g/mol. The van der Waals surface area contributed by atoms with Gasteiger partial charge in [0.15, 0.2) is 11.6 Å². The molecule has 242 valence electrons. The van der Waals surface area contributed by atoms with Crippen molar-refractivity contribution in [1.29, 1.82) is 5.26 Å². The largest absolute Gasteiger partial charge is 0.465 e. The van der Waals surface area contributed by atoms with E-state index in [9.17, 15) is 19.6 Å². The molecule has 0 radical (unpaired) electrons. The number of fused-ring (bicyclic) bond motifs is 7. The molecule has 0 bridgehead atoms. The number of nitriles is 1. The number of rotatable bonds is 5. The van der Waals surface area contributed by atoms with Gasteiger partial charge in [-0.3, -0.25) is 14.4 Å². The Morgan fingerprint density at radius 1 is 1.07 bits per heavy atom. The highest BCUT2D eigenvalue weighted by molar-refractivity contribution is 6.04. The standard InChI is InChI=1S/C38H51N3O4/c1-24-22-41(23-40-24)16-9-17-45-32(44)38-14-12-33(2,3)20-26(38)30-27(42)18-29-35(6)19-25(21-39)31(43)34(4,5)28(35)10-11-36(29,7)37(30,8)13-15-38/h18-19,22-23,26,28,30H,9-17,20H2,1-8H3/t26-,28-,30-,35-,36+,37+,38-/m0/s1. The molecule has 3 fully saturated rings. The van der Waals surface area contributed by atoms with Gasteiger partial charge in [-0.15, -0.1) is 0 Å². The fraction of sp³-hybridized carbons (Fsp3) is 0.711. The SMILES string of the molecule is Cc1cn(CCCOC(=O)[C@]23CCC(C)(C)C[C@H]2[C@H]2C(=O)C=C4[C@@]5(C)C=C(C#N)C(=O)C(C)(C)[C@@H]5CC[C@@]4(C)[C@]2(C)CC3)cn1. The zero-order chi connectivity index (χ0) is 32.8. The van der Waals surface area contributed by atoms with Gasteiger partial charge in [0.1, 0.15) is 6.07 Å². The Morgan fingerprint density at radius 3 is 2.44 bits per heavy atom. The van der Waals surface area contributed by atoms with Crippen LogP contribution in [-0.4, -0.2) is 33.7 Å². The molecule has 0 saturated heterocycles. The van der Waals surface area contributed by atoms with Gasteiger partial charge in [-0.05, 0) is 92.4 Å². The number of imidazole rings is 1. The van der Waals surface area contributed by atoms with Crippen LogP contribution in [0.2, 0.25) is 0 Å². The molecule has 0 amide bonds. The van der Waals surface area contributed by atoms with Gasteiger partial charge in [-0.25, -0.2) is 4.98 Å². The van der Waals surface area contributed by atoms with E-state index < -0.39 is 16.2 Å². The molecule has 5 aliphatic rings. The number of ether oxygens (including phenoxy) is 1. The summed E-state index contributed by atoms with van der Waals surface area (Å²) in [7, 11) is 0. The van der Waals surface area contributed by atoms with Crippen molar-refractivity contribution in [1.82, 2.24) is 9.55 Å². The highest BCUT2D eigenvalue weighted by Gasteiger charge is 2.71. The minimum absolute atomic E-state index is 0.0133. The average Bonchev–Trinajstić information content (AvgIpc) is 3.38. The Morgan fingerprint density at radius 2 is 1.78 bits per heavy atom. The molecule has 7 atom stereocenters. The van der Waals surface area contributed by atoms with Crippen molar-refractivity contribution in [2.45, 2.75) is 113 Å². The van der Waals surface area contributed by atoms with E-state index in [1.807, 2.05) is 50.0 Å². The lowest BCUT2D eigenvalue weighted by Gasteiger charge is -2.68. The fourth-order valence-electron chi connectivity index (χ4n) is 11.1. The van der Waals surface area contributed by atoms with E-state index >= 15 is 0 Å². The molecular weight excluding hydrogens is 562 g/mol. The summed E-state index contributed by atoms with van der Waals surface area (Å²) < 4.78 is 8.12. The number of aromatic nitrogens is 2. The van der Waals surface area contributed by atoms with Crippen molar-refractivity contribution in [3.63, 3.8) is 0 Å². The number of allylic oxidation sites excluding steroid dienone is 4. The maximum Gasteiger partial charge on any atom is 0.312 e. The number of ketones is 2. The summed E-state index contributed by atoms with van der Waals surface area (Å²) in [4.78, 5) is 46.5. The van der Waals surface area contributed by atoms with Crippen LogP contribution in [0.5, 0.6) is 0 Å². The van der Waals surface area contributed by atoms with Crippen molar-refractivity contribution < 1.29 is 19.1 Å². The van der Waals surface area contributed by atoms with Gasteiger partial charge in [-0.2, -0.15) is 5.26 Å². The summed E-state index contributed by atoms with van der Waals surface area (Å²) >= 11 is 0. The first kappa shape index (κ1) is 32.0. The molecule has 0 N–H and O–H groups in total. The molecule has 0 spiro atoms. The molecule has 1 aromatic heterocycles. The van der Waals surface area contributed by atoms with Crippen LogP contribution in [0.15, 0.2) is 35.8 Å². The third-order valence-corrected chi connectivity index (χ3v) is 13.8. The highest BCUT2D eigenvalue weighted by Crippen LogP contribution is 2.74. The maximum atomic E-state index is 14.7. The number of Topliss-reactive ketones (excluding diaryl/α,β-unsaturated/α-hetero) is 1. The van der Waals surface area contributed by atoms with E-state index in [2.05, 4.69) is 45.7 Å². The summed E-state index contributed by atoms with van der Waals surface area (Å²) in [6.07, 6.45) is 14.1. The van der Waals surface area contributed by atoms with Gasteiger partial charge in [0.25, 0.3) is 0 Å². The quantitative estimate of drug-likeness (QED) is 0.254. The van der Waals surface area contributed by atoms with Crippen LogP contribution in [-0.2, 0) is 25.7 Å². The van der Waals surface area contributed by atoms with E-state index in [0.29, 0.717) is 6.61 Å². The van der Waals surface area contributed by atoms with Crippen LogP contribution in [0.1, 0.15) is 106 Å². The van der Waals surface area contributed by atoms with Crippen LogP contribution in [0.25, 0.3) is 0 Å². The predicted molar refractivity (Wildman–Crippen MR) is 171 cm³/mol. The van der Waals surface area contributed by atoms with E-state index in [-0.39, 0.29) is 57.1 Å². The molecule has 6 rings (SSSR count). The zero-order valence-corrected chi connectivity index (χ0v) is 28.6. The van der Waals surface area contributed by atoms with E-state index in [1.54, 1.807) is 0 Å². The number of carbonyl (C=O) groups excluding carboxylic acids is 3. The smallest absolute Gasteiger partial charge is 0.312 e. The number of hydrogen-bond acceptors (Lipinski definition) is 6. The lowest BCUT2D eigenvalue weighted by atomic mass is 9.34. The number of aryl methyl sites for hydroxylation is 2. The summed E-state index contributed by atoms with van der Waals surface area (Å²) in [5.74, 6) is -0.453. The number of esters is 1. The summed E-state index contributed by atoms with van der Waals surface area (Å²) in [5, 5.41) is 9.97. The molecule has 5 aliphatic carbocycles. The Bertz CT molecular complexity index is 1560. The second-order valence-electron chi connectivity index (χ2n) is 17.2. The number of hydrogen-bond donors (Lipinski definition) is 0. The van der Waals surface area contributed by atoms with Gasteiger partial charge in [0, 0.05) is 29.5 Å². The molecule has 1 aromatic rings. The minimum Gasteiger partial charge on any atom is -0.465 e. The molecule has 0 unspecified atom stereocenters. The topological polar surface area (TPSA) is 102 Å². The Hall–Kier alpha value is -3.01. The second-order valence-corrected chi connectivity index (χ2v) is 17.2. The third-order valence-electron chi connectivity index (χ3n) is 13.8. The van der Waals surface area contributed by atoms with E-state index in [4.69, 9.17) is 4.74 Å². The van der Waals surface area contributed by atoms with Gasteiger partial charge in [-0.1, -0.05) is 60.1 Å². The van der Waals surface area contributed by atoms with Crippen molar-refractivity contribution in [2.75, 3.05) is 6.61 Å². The molecule has 7 heteroatoms.